The SMILES string of the molecule is CCc1nn(C)c(CCNC2CC2)c1Cl. The van der Waals surface area contributed by atoms with Crippen LogP contribution < -0.4 is 5.32 Å². The van der Waals surface area contributed by atoms with Crippen LogP contribution in [-0.2, 0) is 19.9 Å². The summed E-state index contributed by atoms with van der Waals surface area (Å²) in [4.78, 5) is 0. The summed E-state index contributed by atoms with van der Waals surface area (Å²) in [6, 6.07) is 0.766. The summed E-state index contributed by atoms with van der Waals surface area (Å²) in [6.45, 7) is 3.09. The number of hydrogen-bond acceptors (Lipinski definition) is 2. The van der Waals surface area contributed by atoms with E-state index in [1.165, 1.54) is 12.8 Å². The number of aryl methyl sites for hydroxylation is 2. The van der Waals surface area contributed by atoms with Crippen LogP contribution in [0.25, 0.3) is 0 Å². The summed E-state index contributed by atoms with van der Waals surface area (Å²) in [6.07, 6.45) is 4.54. The van der Waals surface area contributed by atoms with Crippen molar-refractivity contribution in [3.8, 4) is 0 Å². The van der Waals surface area contributed by atoms with Gasteiger partial charge in [-0.2, -0.15) is 5.10 Å². The molecule has 0 bridgehead atoms. The van der Waals surface area contributed by atoms with Gasteiger partial charge in [-0.3, -0.25) is 4.68 Å². The van der Waals surface area contributed by atoms with E-state index in [-0.39, 0.29) is 0 Å². The van der Waals surface area contributed by atoms with Gasteiger partial charge in [0.15, 0.2) is 0 Å². The van der Waals surface area contributed by atoms with Gasteiger partial charge in [-0.25, -0.2) is 0 Å². The molecule has 0 radical (unpaired) electrons. The van der Waals surface area contributed by atoms with Gasteiger partial charge in [0.2, 0.25) is 0 Å². The smallest absolute Gasteiger partial charge is 0.0850 e. The summed E-state index contributed by atoms with van der Waals surface area (Å²) in [5, 5.41) is 8.74. The van der Waals surface area contributed by atoms with E-state index in [1.807, 2.05) is 11.7 Å². The van der Waals surface area contributed by atoms with Crippen LogP contribution in [0.1, 0.15) is 31.2 Å². The van der Waals surface area contributed by atoms with E-state index in [9.17, 15) is 0 Å². The zero-order valence-electron chi connectivity index (χ0n) is 9.39. The fourth-order valence-corrected chi connectivity index (χ4v) is 2.16. The second-order valence-electron chi connectivity index (χ2n) is 4.16. The van der Waals surface area contributed by atoms with Gasteiger partial charge >= 0.3 is 0 Å². The maximum atomic E-state index is 6.25. The normalized spacial score (nSPS) is 15.9. The second kappa shape index (κ2) is 4.54. The third-order valence-corrected chi connectivity index (χ3v) is 3.31. The Labute approximate surface area is 95.8 Å². The van der Waals surface area contributed by atoms with Crippen LogP contribution in [0, 0.1) is 0 Å². The molecule has 1 aliphatic carbocycles. The third kappa shape index (κ3) is 2.52. The highest BCUT2D eigenvalue weighted by Crippen LogP contribution is 2.22. The van der Waals surface area contributed by atoms with E-state index in [0.717, 1.165) is 41.8 Å². The Bertz CT molecular complexity index is 342. The summed E-state index contributed by atoms with van der Waals surface area (Å²) in [5.41, 5.74) is 2.17. The lowest BCUT2D eigenvalue weighted by Gasteiger charge is -2.03. The van der Waals surface area contributed by atoms with E-state index in [0.29, 0.717) is 0 Å². The van der Waals surface area contributed by atoms with Crippen molar-refractivity contribution in [1.29, 1.82) is 0 Å². The van der Waals surface area contributed by atoms with Gasteiger partial charge in [0.05, 0.1) is 16.4 Å². The molecule has 1 saturated carbocycles. The number of hydrogen-bond donors (Lipinski definition) is 1. The van der Waals surface area contributed by atoms with Gasteiger partial charge in [-0.05, 0) is 19.3 Å². The summed E-state index contributed by atoms with van der Waals surface area (Å²) in [5.74, 6) is 0. The van der Waals surface area contributed by atoms with Crippen LogP contribution in [0.5, 0.6) is 0 Å². The molecule has 1 N–H and O–H groups in total. The standard InChI is InChI=1S/C11H18ClN3/c1-3-9-11(12)10(15(2)14-9)6-7-13-8-4-5-8/h8,13H,3-7H2,1-2H3. The zero-order valence-corrected chi connectivity index (χ0v) is 10.1. The van der Waals surface area contributed by atoms with Crippen LogP contribution in [0.4, 0.5) is 0 Å². The highest BCUT2D eigenvalue weighted by atomic mass is 35.5. The first-order valence-electron chi connectivity index (χ1n) is 5.66. The van der Waals surface area contributed by atoms with Gasteiger partial charge < -0.3 is 5.32 Å². The maximum Gasteiger partial charge on any atom is 0.0850 e. The van der Waals surface area contributed by atoms with Crippen molar-refractivity contribution < 1.29 is 0 Å². The van der Waals surface area contributed by atoms with Gasteiger partial charge in [-0.1, -0.05) is 18.5 Å². The fourth-order valence-electron chi connectivity index (χ4n) is 1.77. The maximum absolute atomic E-state index is 6.25. The lowest BCUT2D eigenvalue weighted by molar-refractivity contribution is 0.638. The average molecular weight is 228 g/mol. The van der Waals surface area contributed by atoms with Crippen molar-refractivity contribution in [2.24, 2.45) is 7.05 Å². The van der Waals surface area contributed by atoms with Crippen molar-refractivity contribution in [1.82, 2.24) is 15.1 Å². The number of halogens is 1. The molecule has 4 heteroatoms. The number of nitrogens with zero attached hydrogens (tertiary/aromatic N) is 2. The Morgan fingerprint density at radius 1 is 1.53 bits per heavy atom. The Hall–Kier alpha value is -0.540. The van der Waals surface area contributed by atoms with Crippen LogP contribution in [0.15, 0.2) is 0 Å². The molecular formula is C11H18ClN3. The van der Waals surface area contributed by atoms with Gasteiger partial charge in [-0.15, -0.1) is 0 Å². The largest absolute Gasteiger partial charge is 0.314 e. The molecule has 15 heavy (non-hydrogen) atoms. The van der Waals surface area contributed by atoms with Gasteiger partial charge in [0.25, 0.3) is 0 Å². The highest BCUT2D eigenvalue weighted by molar-refractivity contribution is 6.31. The molecule has 0 aromatic carbocycles. The molecule has 1 aromatic rings. The fraction of sp³-hybridized carbons (Fsp3) is 0.727. The molecule has 0 unspecified atom stereocenters. The van der Waals surface area contributed by atoms with Crippen molar-refractivity contribution in [3.05, 3.63) is 16.4 Å². The first-order valence-corrected chi connectivity index (χ1v) is 6.03. The molecule has 1 heterocycles. The van der Waals surface area contributed by atoms with Crippen LogP contribution in [0.2, 0.25) is 5.02 Å². The Morgan fingerprint density at radius 3 is 2.80 bits per heavy atom. The van der Waals surface area contributed by atoms with Gasteiger partial charge in [0.1, 0.15) is 0 Å². The minimum atomic E-state index is 0.766. The molecular weight excluding hydrogens is 210 g/mol. The Morgan fingerprint density at radius 2 is 2.27 bits per heavy atom. The van der Waals surface area contributed by atoms with Crippen molar-refractivity contribution in [3.63, 3.8) is 0 Å². The average Bonchev–Trinajstić information content (AvgIpc) is 2.99. The van der Waals surface area contributed by atoms with E-state index in [4.69, 9.17) is 11.6 Å². The van der Waals surface area contributed by atoms with Crippen LogP contribution in [0.3, 0.4) is 0 Å². The number of rotatable bonds is 5. The quantitative estimate of drug-likeness (QED) is 0.833. The molecule has 3 nitrogen and oxygen atoms in total. The third-order valence-electron chi connectivity index (χ3n) is 2.88. The van der Waals surface area contributed by atoms with E-state index >= 15 is 0 Å². The molecule has 0 spiro atoms. The first kappa shape index (κ1) is 11.0. The summed E-state index contributed by atoms with van der Waals surface area (Å²) < 4.78 is 1.91. The highest BCUT2D eigenvalue weighted by Gasteiger charge is 2.20. The molecule has 0 amide bonds. The lowest BCUT2D eigenvalue weighted by Crippen LogP contribution is -2.20. The van der Waals surface area contributed by atoms with Crippen molar-refractivity contribution in [2.75, 3.05) is 6.54 Å². The Balaban J connectivity index is 1.95. The van der Waals surface area contributed by atoms with Crippen molar-refractivity contribution in [2.45, 2.75) is 38.6 Å². The molecule has 84 valence electrons. The zero-order chi connectivity index (χ0) is 10.8. The first-order chi connectivity index (χ1) is 7.22. The molecule has 0 atom stereocenters. The van der Waals surface area contributed by atoms with Crippen LogP contribution in [-0.4, -0.2) is 22.4 Å². The molecule has 1 aliphatic rings. The summed E-state index contributed by atoms with van der Waals surface area (Å²) >= 11 is 6.25. The van der Waals surface area contributed by atoms with Crippen molar-refractivity contribution >= 4 is 11.6 Å². The monoisotopic (exact) mass is 227 g/mol. The lowest BCUT2D eigenvalue weighted by atomic mass is 10.2. The minimum absolute atomic E-state index is 0.766. The van der Waals surface area contributed by atoms with E-state index in [1.54, 1.807) is 0 Å². The number of aromatic nitrogens is 2. The van der Waals surface area contributed by atoms with E-state index in [2.05, 4.69) is 17.3 Å². The topological polar surface area (TPSA) is 29.9 Å². The summed E-state index contributed by atoms with van der Waals surface area (Å²) in [7, 11) is 1.97. The molecule has 0 saturated heterocycles. The van der Waals surface area contributed by atoms with E-state index < -0.39 is 0 Å². The van der Waals surface area contributed by atoms with Crippen LogP contribution >= 0.6 is 11.6 Å². The Kier molecular flexibility index (Phi) is 3.32. The molecule has 2 rings (SSSR count). The number of nitrogens with one attached hydrogen (secondary N) is 1. The predicted molar refractivity (Wildman–Crippen MR) is 62.3 cm³/mol. The molecule has 0 aliphatic heterocycles. The molecule has 1 aromatic heterocycles. The second-order valence-corrected chi connectivity index (χ2v) is 4.54. The predicted octanol–water partition coefficient (Wildman–Crippen LogP) is 1.93. The minimum Gasteiger partial charge on any atom is -0.314 e. The van der Waals surface area contributed by atoms with Gasteiger partial charge in [0, 0.05) is 26.1 Å². The molecule has 1 fully saturated rings.